The molecular weight excluding hydrogens is 290 g/mol. The predicted molar refractivity (Wildman–Crippen MR) is 85.0 cm³/mol. The van der Waals surface area contributed by atoms with Gasteiger partial charge in [0.05, 0.1) is 12.2 Å². The number of aryl methyl sites for hydroxylation is 2. The smallest absolute Gasteiger partial charge is 0.263 e. The molecule has 2 aromatic rings. The summed E-state index contributed by atoms with van der Waals surface area (Å²) >= 11 is 1.50. The average molecular weight is 307 g/mol. The molecule has 1 aromatic carbocycles. The van der Waals surface area contributed by atoms with Crippen LogP contribution in [0, 0.1) is 13.8 Å². The molecule has 3 nitrogen and oxygen atoms in total. The Kier molecular flexibility index (Phi) is 4.30. The van der Waals surface area contributed by atoms with Gasteiger partial charge in [0.2, 0.25) is 0 Å². The Morgan fingerprint density at radius 3 is 2.40 bits per heavy atom. The van der Waals surface area contributed by atoms with E-state index >= 15 is 0 Å². The standard InChI is InChI=1S/C15H17NO2S2/c1-4-10-16(14-8-6-5-7-9-14)20(17,18)15-11-12(2)19-13(15)3/h4-9,11H,1,10H2,2-3H3. The van der Waals surface area contributed by atoms with E-state index in [4.69, 9.17) is 0 Å². The molecule has 0 spiro atoms. The summed E-state index contributed by atoms with van der Waals surface area (Å²) < 4.78 is 27.1. The maximum absolute atomic E-state index is 12.8. The second-order valence-corrected chi connectivity index (χ2v) is 7.73. The first-order chi connectivity index (χ1) is 9.46. The third-order valence-corrected chi connectivity index (χ3v) is 5.92. The van der Waals surface area contributed by atoms with E-state index in [0.717, 1.165) is 9.75 Å². The molecule has 1 aromatic heterocycles. The highest BCUT2D eigenvalue weighted by Crippen LogP contribution is 2.30. The van der Waals surface area contributed by atoms with Crippen LogP contribution in [-0.2, 0) is 10.0 Å². The predicted octanol–water partition coefficient (Wildman–Crippen LogP) is 3.75. The van der Waals surface area contributed by atoms with Gasteiger partial charge in [0.1, 0.15) is 4.90 Å². The van der Waals surface area contributed by atoms with E-state index in [9.17, 15) is 8.42 Å². The number of sulfonamides is 1. The highest BCUT2D eigenvalue weighted by molar-refractivity contribution is 7.93. The van der Waals surface area contributed by atoms with Gasteiger partial charge in [0.25, 0.3) is 10.0 Å². The Balaban J connectivity index is 2.54. The van der Waals surface area contributed by atoms with Gasteiger partial charge < -0.3 is 0 Å². The van der Waals surface area contributed by atoms with E-state index in [0.29, 0.717) is 10.6 Å². The lowest BCUT2D eigenvalue weighted by molar-refractivity contribution is 0.592. The second-order valence-electron chi connectivity index (χ2n) is 4.44. The summed E-state index contributed by atoms with van der Waals surface area (Å²) in [5, 5.41) is 0. The van der Waals surface area contributed by atoms with E-state index in [-0.39, 0.29) is 6.54 Å². The van der Waals surface area contributed by atoms with Crippen LogP contribution < -0.4 is 4.31 Å². The number of nitrogens with zero attached hydrogens (tertiary/aromatic N) is 1. The van der Waals surface area contributed by atoms with Crippen molar-refractivity contribution in [1.82, 2.24) is 0 Å². The number of rotatable bonds is 5. The molecular formula is C15H17NO2S2. The number of thiophene rings is 1. The van der Waals surface area contributed by atoms with Crippen molar-refractivity contribution in [2.45, 2.75) is 18.7 Å². The Morgan fingerprint density at radius 1 is 1.25 bits per heavy atom. The first-order valence-electron chi connectivity index (χ1n) is 6.22. The van der Waals surface area contributed by atoms with Gasteiger partial charge in [-0.2, -0.15) is 0 Å². The van der Waals surface area contributed by atoms with Crippen LogP contribution in [-0.4, -0.2) is 15.0 Å². The quantitative estimate of drug-likeness (QED) is 0.789. The average Bonchev–Trinajstić information content (AvgIpc) is 2.76. The molecule has 0 aliphatic heterocycles. The third kappa shape index (κ3) is 2.78. The van der Waals surface area contributed by atoms with Crippen molar-refractivity contribution in [3.05, 3.63) is 58.8 Å². The SMILES string of the molecule is C=CCN(c1ccccc1)S(=O)(=O)c1cc(C)sc1C. The number of benzene rings is 1. The zero-order valence-corrected chi connectivity index (χ0v) is 13.2. The molecule has 0 aliphatic rings. The van der Waals surface area contributed by atoms with Gasteiger partial charge in [-0.3, -0.25) is 4.31 Å². The molecule has 0 saturated carbocycles. The fourth-order valence-corrected chi connectivity index (χ4v) is 5.00. The van der Waals surface area contributed by atoms with Crippen LogP contribution in [0.25, 0.3) is 0 Å². The lowest BCUT2D eigenvalue weighted by Crippen LogP contribution is -2.31. The lowest BCUT2D eigenvalue weighted by Gasteiger charge is -2.23. The minimum Gasteiger partial charge on any atom is -0.263 e. The molecule has 0 N–H and O–H groups in total. The molecule has 1 heterocycles. The minimum absolute atomic E-state index is 0.251. The molecule has 5 heteroatoms. The van der Waals surface area contributed by atoms with Gasteiger partial charge >= 0.3 is 0 Å². The van der Waals surface area contributed by atoms with Crippen LogP contribution in [0.1, 0.15) is 9.75 Å². The fraction of sp³-hybridized carbons (Fsp3) is 0.200. The van der Waals surface area contributed by atoms with Gasteiger partial charge in [-0.15, -0.1) is 17.9 Å². The van der Waals surface area contributed by atoms with Crippen molar-refractivity contribution in [2.24, 2.45) is 0 Å². The van der Waals surface area contributed by atoms with E-state index in [1.807, 2.05) is 32.0 Å². The van der Waals surface area contributed by atoms with Crippen LogP contribution in [0.3, 0.4) is 0 Å². The molecule has 0 atom stereocenters. The molecule has 106 valence electrons. The van der Waals surface area contributed by atoms with Crippen molar-refractivity contribution in [2.75, 3.05) is 10.8 Å². The van der Waals surface area contributed by atoms with Gasteiger partial charge in [0.15, 0.2) is 0 Å². The Bertz CT molecular complexity index is 703. The molecule has 0 amide bonds. The van der Waals surface area contributed by atoms with Crippen LogP contribution in [0.2, 0.25) is 0 Å². The minimum atomic E-state index is -3.55. The molecule has 20 heavy (non-hydrogen) atoms. The van der Waals surface area contributed by atoms with Crippen LogP contribution in [0.4, 0.5) is 5.69 Å². The van der Waals surface area contributed by atoms with E-state index in [2.05, 4.69) is 6.58 Å². The van der Waals surface area contributed by atoms with E-state index in [1.54, 1.807) is 24.3 Å². The monoisotopic (exact) mass is 307 g/mol. The first-order valence-corrected chi connectivity index (χ1v) is 8.48. The Morgan fingerprint density at radius 2 is 1.90 bits per heavy atom. The van der Waals surface area contributed by atoms with Crippen LogP contribution >= 0.6 is 11.3 Å². The number of hydrogen-bond acceptors (Lipinski definition) is 3. The maximum Gasteiger partial charge on any atom is 0.265 e. The number of anilines is 1. The summed E-state index contributed by atoms with van der Waals surface area (Å²) in [4.78, 5) is 2.19. The molecule has 0 unspecified atom stereocenters. The van der Waals surface area contributed by atoms with E-state index in [1.165, 1.54) is 15.6 Å². The molecule has 0 saturated heterocycles. The third-order valence-electron chi connectivity index (χ3n) is 2.90. The molecule has 0 radical (unpaired) electrons. The summed E-state index contributed by atoms with van der Waals surface area (Å²) in [6, 6.07) is 10.8. The first kappa shape index (κ1) is 14.8. The zero-order valence-electron chi connectivity index (χ0n) is 11.5. The summed E-state index contributed by atoms with van der Waals surface area (Å²) in [5.41, 5.74) is 0.649. The summed E-state index contributed by atoms with van der Waals surface area (Å²) in [6.45, 7) is 7.66. The topological polar surface area (TPSA) is 37.4 Å². The van der Waals surface area contributed by atoms with Gasteiger partial charge in [-0.05, 0) is 32.0 Å². The van der Waals surface area contributed by atoms with Crippen molar-refractivity contribution >= 4 is 27.0 Å². The second kappa shape index (κ2) is 5.81. The van der Waals surface area contributed by atoms with Crippen LogP contribution in [0.15, 0.2) is 53.9 Å². The molecule has 0 bridgehead atoms. The molecule has 2 rings (SSSR count). The highest BCUT2D eigenvalue weighted by atomic mass is 32.2. The summed E-state index contributed by atoms with van der Waals surface area (Å²) in [7, 11) is -3.55. The lowest BCUT2D eigenvalue weighted by atomic mass is 10.3. The van der Waals surface area contributed by atoms with Crippen molar-refractivity contribution in [3.63, 3.8) is 0 Å². The van der Waals surface area contributed by atoms with E-state index < -0.39 is 10.0 Å². The Labute approximate surface area is 124 Å². The largest absolute Gasteiger partial charge is 0.265 e. The van der Waals surface area contributed by atoms with Crippen LogP contribution in [0.5, 0.6) is 0 Å². The summed E-state index contributed by atoms with van der Waals surface area (Å²) in [6.07, 6.45) is 1.60. The zero-order chi connectivity index (χ0) is 14.8. The molecule has 0 fully saturated rings. The van der Waals surface area contributed by atoms with Crippen molar-refractivity contribution in [3.8, 4) is 0 Å². The van der Waals surface area contributed by atoms with Gasteiger partial charge in [-0.25, -0.2) is 8.42 Å². The molecule has 0 aliphatic carbocycles. The number of hydrogen-bond donors (Lipinski definition) is 0. The van der Waals surface area contributed by atoms with Crippen molar-refractivity contribution < 1.29 is 8.42 Å². The number of para-hydroxylation sites is 1. The highest BCUT2D eigenvalue weighted by Gasteiger charge is 2.26. The maximum atomic E-state index is 12.8. The van der Waals surface area contributed by atoms with Crippen molar-refractivity contribution in [1.29, 1.82) is 0 Å². The van der Waals surface area contributed by atoms with Gasteiger partial charge in [-0.1, -0.05) is 24.3 Å². The fourth-order valence-electron chi connectivity index (χ4n) is 2.04. The summed E-state index contributed by atoms with van der Waals surface area (Å²) in [5.74, 6) is 0. The normalized spacial score (nSPS) is 11.3. The Hall–Kier alpha value is -1.59. The van der Waals surface area contributed by atoms with Gasteiger partial charge in [0, 0.05) is 9.75 Å².